The van der Waals surface area contributed by atoms with Crippen molar-refractivity contribution >= 4 is 23.9 Å². The van der Waals surface area contributed by atoms with Gasteiger partial charge in [0, 0.05) is 12.6 Å². The first-order valence-electron chi connectivity index (χ1n) is 8.92. The molecule has 1 unspecified atom stereocenters. The van der Waals surface area contributed by atoms with Crippen molar-refractivity contribution < 1.29 is 23.9 Å². The maximum atomic E-state index is 12.2. The van der Waals surface area contributed by atoms with E-state index in [1.54, 1.807) is 37.3 Å². The molecule has 1 atom stereocenters. The molecule has 0 saturated carbocycles. The maximum Gasteiger partial charge on any atom is 0.337 e. The lowest BCUT2D eigenvalue weighted by Crippen LogP contribution is -2.36. The molecule has 1 N–H and O–H groups in total. The average molecular weight is 381 g/mol. The number of hydrogen-bond donors (Lipinski definition) is 1. The highest BCUT2D eigenvalue weighted by Crippen LogP contribution is 2.08. The van der Waals surface area contributed by atoms with Crippen LogP contribution in [0.15, 0.2) is 60.7 Å². The predicted octanol–water partition coefficient (Wildman–Crippen LogP) is 3.12. The molecule has 28 heavy (non-hydrogen) atoms. The Morgan fingerprint density at radius 3 is 2.32 bits per heavy atom. The van der Waals surface area contributed by atoms with E-state index in [4.69, 9.17) is 4.74 Å². The monoisotopic (exact) mass is 381 g/mol. The Kier molecular flexibility index (Phi) is 7.96. The summed E-state index contributed by atoms with van der Waals surface area (Å²) in [6.07, 6.45) is 2.31. The number of carbonyl (C=O) groups excluding carboxylic acids is 3. The van der Waals surface area contributed by atoms with Crippen molar-refractivity contribution in [3.63, 3.8) is 0 Å². The molecule has 0 aliphatic heterocycles. The van der Waals surface area contributed by atoms with Gasteiger partial charge in [0.2, 0.25) is 0 Å². The van der Waals surface area contributed by atoms with Crippen LogP contribution in [0.1, 0.15) is 34.8 Å². The number of ether oxygens (including phenoxy) is 2. The van der Waals surface area contributed by atoms with Gasteiger partial charge in [-0.3, -0.25) is 4.79 Å². The van der Waals surface area contributed by atoms with Crippen molar-refractivity contribution in [2.24, 2.45) is 0 Å². The standard InChI is InChI=1S/C22H23NO5/c1-3-19(21(25)23-15-17-7-5-4-6-8-17)28-20(24)14-11-16-9-12-18(13-10-16)22(26)27-2/h4-14,19H,3,15H2,1-2H3,(H,23,25)/b14-11+. The summed E-state index contributed by atoms with van der Waals surface area (Å²) in [6, 6.07) is 16.0. The van der Waals surface area contributed by atoms with Gasteiger partial charge in [0.1, 0.15) is 0 Å². The highest BCUT2D eigenvalue weighted by Gasteiger charge is 2.19. The fourth-order valence-corrected chi connectivity index (χ4v) is 2.41. The summed E-state index contributed by atoms with van der Waals surface area (Å²) in [5.74, 6) is -1.38. The van der Waals surface area contributed by atoms with Crippen LogP contribution in [0.25, 0.3) is 6.08 Å². The first-order chi connectivity index (χ1) is 13.5. The van der Waals surface area contributed by atoms with Gasteiger partial charge >= 0.3 is 11.9 Å². The first-order valence-corrected chi connectivity index (χ1v) is 8.92. The number of rotatable bonds is 8. The van der Waals surface area contributed by atoms with Crippen LogP contribution in [-0.2, 0) is 25.6 Å². The first kappa shape index (κ1) is 20.9. The maximum absolute atomic E-state index is 12.2. The van der Waals surface area contributed by atoms with E-state index in [1.165, 1.54) is 13.2 Å². The van der Waals surface area contributed by atoms with Crippen molar-refractivity contribution in [2.45, 2.75) is 26.0 Å². The van der Waals surface area contributed by atoms with E-state index in [0.29, 0.717) is 24.1 Å². The summed E-state index contributed by atoms with van der Waals surface area (Å²) in [4.78, 5) is 35.7. The van der Waals surface area contributed by atoms with Crippen LogP contribution in [0.5, 0.6) is 0 Å². The second kappa shape index (κ2) is 10.7. The minimum Gasteiger partial charge on any atom is -0.465 e. The summed E-state index contributed by atoms with van der Waals surface area (Å²) in [5, 5.41) is 2.77. The molecule has 6 heteroatoms. The molecule has 0 fully saturated rings. The Bertz CT molecular complexity index is 828. The third-order valence-corrected chi connectivity index (χ3v) is 3.97. The minimum atomic E-state index is -0.859. The largest absolute Gasteiger partial charge is 0.465 e. The Balaban J connectivity index is 1.87. The zero-order valence-corrected chi connectivity index (χ0v) is 15.9. The van der Waals surface area contributed by atoms with Crippen molar-refractivity contribution in [1.82, 2.24) is 5.32 Å². The highest BCUT2D eigenvalue weighted by atomic mass is 16.5. The molecule has 0 aromatic heterocycles. The molecule has 2 aromatic carbocycles. The fraction of sp³-hybridized carbons (Fsp3) is 0.227. The lowest BCUT2D eigenvalue weighted by Gasteiger charge is -2.15. The lowest BCUT2D eigenvalue weighted by molar-refractivity contribution is -0.151. The van der Waals surface area contributed by atoms with E-state index in [9.17, 15) is 14.4 Å². The third-order valence-electron chi connectivity index (χ3n) is 3.97. The Labute approximate surface area is 164 Å². The van der Waals surface area contributed by atoms with Gasteiger partial charge in [0.25, 0.3) is 5.91 Å². The van der Waals surface area contributed by atoms with Crippen LogP contribution in [-0.4, -0.2) is 31.1 Å². The number of esters is 2. The molecule has 0 bridgehead atoms. The second-order valence-corrected chi connectivity index (χ2v) is 5.98. The summed E-state index contributed by atoms with van der Waals surface area (Å²) in [7, 11) is 1.31. The molecular formula is C22H23NO5. The second-order valence-electron chi connectivity index (χ2n) is 5.98. The molecule has 0 aliphatic rings. The van der Waals surface area contributed by atoms with Gasteiger partial charge in [0.05, 0.1) is 12.7 Å². The molecular weight excluding hydrogens is 358 g/mol. The lowest BCUT2D eigenvalue weighted by atomic mass is 10.1. The van der Waals surface area contributed by atoms with E-state index in [-0.39, 0.29) is 5.91 Å². The van der Waals surface area contributed by atoms with E-state index >= 15 is 0 Å². The van der Waals surface area contributed by atoms with Crippen LogP contribution in [0.2, 0.25) is 0 Å². The molecule has 2 rings (SSSR count). The summed E-state index contributed by atoms with van der Waals surface area (Å²) in [6.45, 7) is 2.14. The summed E-state index contributed by atoms with van der Waals surface area (Å²) in [5.41, 5.74) is 2.10. The van der Waals surface area contributed by atoms with E-state index in [1.807, 2.05) is 30.3 Å². The average Bonchev–Trinajstić information content (AvgIpc) is 2.74. The Morgan fingerprint density at radius 2 is 1.71 bits per heavy atom. The topological polar surface area (TPSA) is 81.7 Å². The Morgan fingerprint density at radius 1 is 1.04 bits per heavy atom. The van der Waals surface area contributed by atoms with Gasteiger partial charge in [-0.25, -0.2) is 9.59 Å². The number of methoxy groups -OCH3 is 1. The zero-order chi connectivity index (χ0) is 20.4. The van der Waals surface area contributed by atoms with E-state index < -0.39 is 18.0 Å². The van der Waals surface area contributed by atoms with Gasteiger partial charge in [0.15, 0.2) is 6.10 Å². The number of amides is 1. The van der Waals surface area contributed by atoms with Crippen LogP contribution < -0.4 is 5.32 Å². The number of carbonyl (C=O) groups is 3. The van der Waals surface area contributed by atoms with Gasteiger partial charge in [-0.1, -0.05) is 49.4 Å². The molecule has 2 aromatic rings. The van der Waals surface area contributed by atoms with Crippen molar-refractivity contribution in [3.8, 4) is 0 Å². The van der Waals surface area contributed by atoms with Crippen LogP contribution >= 0.6 is 0 Å². The number of nitrogens with one attached hydrogen (secondary N) is 1. The van der Waals surface area contributed by atoms with Crippen LogP contribution in [0, 0.1) is 0 Å². The fourth-order valence-electron chi connectivity index (χ4n) is 2.41. The van der Waals surface area contributed by atoms with Gasteiger partial charge < -0.3 is 14.8 Å². The SMILES string of the molecule is CCC(OC(=O)/C=C/c1ccc(C(=O)OC)cc1)C(=O)NCc1ccccc1. The molecule has 6 nitrogen and oxygen atoms in total. The van der Waals surface area contributed by atoms with Gasteiger partial charge in [-0.2, -0.15) is 0 Å². The van der Waals surface area contributed by atoms with Crippen molar-refractivity contribution in [2.75, 3.05) is 7.11 Å². The molecule has 146 valence electrons. The smallest absolute Gasteiger partial charge is 0.337 e. The van der Waals surface area contributed by atoms with E-state index in [0.717, 1.165) is 5.56 Å². The van der Waals surface area contributed by atoms with E-state index in [2.05, 4.69) is 10.1 Å². The quantitative estimate of drug-likeness (QED) is 0.561. The highest BCUT2D eigenvalue weighted by molar-refractivity contribution is 5.91. The van der Waals surface area contributed by atoms with Crippen molar-refractivity contribution in [1.29, 1.82) is 0 Å². The molecule has 0 saturated heterocycles. The van der Waals surface area contributed by atoms with Gasteiger partial charge in [-0.05, 0) is 35.8 Å². The summed E-state index contributed by atoms with van der Waals surface area (Å²) < 4.78 is 9.87. The van der Waals surface area contributed by atoms with Crippen LogP contribution in [0.4, 0.5) is 0 Å². The third kappa shape index (κ3) is 6.39. The zero-order valence-electron chi connectivity index (χ0n) is 15.9. The molecule has 0 spiro atoms. The van der Waals surface area contributed by atoms with Crippen LogP contribution in [0.3, 0.4) is 0 Å². The Hall–Kier alpha value is -3.41. The van der Waals surface area contributed by atoms with Crippen molar-refractivity contribution in [3.05, 3.63) is 77.4 Å². The number of benzene rings is 2. The molecule has 0 heterocycles. The van der Waals surface area contributed by atoms with Gasteiger partial charge in [-0.15, -0.1) is 0 Å². The predicted molar refractivity (Wildman–Crippen MR) is 105 cm³/mol. The molecule has 0 aliphatic carbocycles. The normalized spacial score (nSPS) is 11.6. The minimum absolute atomic E-state index is 0.337. The molecule has 0 radical (unpaired) electrons. The summed E-state index contributed by atoms with van der Waals surface area (Å²) >= 11 is 0. The molecule has 1 amide bonds. The number of hydrogen-bond acceptors (Lipinski definition) is 5.